The number of rotatable bonds is 48. The number of aliphatic hydroxyl groups is 2. The van der Waals surface area contributed by atoms with Crippen molar-refractivity contribution in [3.63, 3.8) is 0 Å². The van der Waals surface area contributed by atoms with Gasteiger partial charge in [0.25, 0.3) is 0 Å². The Kier molecular flexibility index (Phi) is 37.5. The Morgan fingerprint density at radius 3 is 1.79 bits per heavy atom. The number of unbranched alkanes of at least 4 members (excludes halogenated alkanes) is 17. The van der Waals surface area contributed by atoms with E-state index in [0.29, 0.717) is 12.2 Å². The van der Waals surface area contributed by atoms with Crippen LogP contribution in [0.5, 0.6) is 0 Å². The summed E-state index contributed by atoms with van der Waals surface area (Å²) in [7, 11) is -16.4. The van der Waals surface area contributed by atoms with Crippen LogP contribution in [0.15, 0.2) is 73.4 Å². The first-order valence-electron chi connectivity index (χ1n) is 29.9. The number of nitrogens with two attached hydrogens (primary N) is 1. The van der Waals surface area contributed by atoms with Crippen LogP contribution in [-0.2, 0) is 50.7 Å². The number of nitrogen functional groups attached to an aromatic ring is 1. The number of hydrogen-bond acceptors (Lipinski definition) is 18. The van der Waals surface area contributed by atoms with Gasteiger partial charge in [0.1, 0.15) is 36.3 Å². The number of aromatic nitrogens is 4. The molecule has 28 heteroatoms. The van der Waals surface area contributed by atoms with E-state index in [4.69, 9.17) is 19.5 Å². The van der Waals surface area contributed by atoms with Crippen LogP contribution in [-0.4, -0.2) is 123 Å². The summed E-state index contributed by atoms with van der Waals surface area (Å²) >= 11 is 1.16. The van der Waals surface area contributed by atoms with Crippen molar-refractivity contribution in [3.8, 4) is 0 Å². The molecule has 1 aliphatic heterocycles. The summed E-state index contributed by atoms with van der Waals surface area (Å²) < 4.78 is 62.7. The molecule has 0 saturated carbocycles. The van der Waals surface area contributed by atoms with E-state index in [1.54, 1.807) is 0 Å². The number of aliphatic hydroxyl groups excluding tert-OH is 2. The Bertz CT molecular complexity index is 2560. The topological polar surface area (TPSA) is 364 Å². The number of carbonyl (C=O) groups excluding carboxylic acids is 3. The predicted molar refractivity (Wildman–Crippen MR) is 329 cm³/mol. The van der Waals surface area contributed by atoms with Gasteiger partial charge in [-0.1, -0.05) is 190 Å². The van der Waals surface area contributed by atoms with Gasteiger partial charge >= 0.3 is 23.5 Å². The molecule has 2 amide bonds. The molecular formula is C57H96N7O17P3S. The van der Waals surface area contributed by atoms with Gasteiger partial charge in [-0.05, 0) is 51.4 Å². The average Bonchev–Trinajstić information content (AvgIpc) is 2.05. The summed E-state index contributed by atoms with van der Waals surface area (Å²) in [5.41, 5.74) is 4.30. The number of thioether (sulfide) groups is 1. The van der Waals surface area contributed by atoms with Crippen molar-refractivity contribution >= 4 is 69.1 Å². The second-order valence-electron chi connectivity index (χ2n) is 21.5. The van der Waals surface area contributed by atoms with Crippen molar-refractivity contribution in [2.45, 2.75) is 212 Å². The highest BCUT2D eigenvalue weighted by Crippen LogP contribution is 2.61. The third kappa shape index (κ3) is 33.4. The highest BCUT2D eigenvalue weighted by molar-refractivity contribution is 8.13. The van der Waals surface area contributed by atoms with Gasteiger partial charge in [-0.2, -0.15) is 4.31 Å². The van der Waals surface area contributed by atoms with Crippen LogP contribution in [0.2, 0.25) is 0 Å². The highest BCUT2D eigenvalue weighted by atomic mass is 32.2. The van der Waals surface area contributed by atoms with Crippen LogP contribution in [0.25, 0.3) is 11.2 Å². The summed E-state index contributed by atoms with van der Waals surface area (Å²) in [5.74, 6) is -1.02. The fourth-order valence-electron chi connectivity index (χ4n) is 8.92. The minimum Gasteiger partial charge on any atom is -0.386 e. The molecule has 1 saturated heterocycles. The lowest BCUT2D eigenvalue weighted by atomic mass is 9.87. The van der Waals surface area contributed by atoms with E-state index in [1.807, 2.05) is 0 Å². The van der Waals surface area contributed by atoms with Gasteiger partial charge in [0.15, 0.2) is 22.8 Å². The summed E-state index contributed by atoms with van der Waals surface area (Å²) in [6.45, 7) is 2.73. The maximum Gasteiger partial charge on any atom is 0.481 e. The molecule has 482 valence electrons. The van der Waals surface area contributed by atoms with E-state index in [-0.39, 0.29) is 41.6 Å². The van der Waals surface area contributed by atoms with E-state index in [2.05, 4.69) is 102 Å². The number of fused-ring (bicyclic) bond motifs is 1. The number of nitrogens with one attached hydrogen (secondary N) is 2. The molecule has 0 aliphatic carbocycles. The quantitative estimate of drug-likeness (QED) is 0.0169. The monoisotopic (exact) mass is 1280 g/mol. The molecule has 3 rings (SSSR count). The molecule has 85 heavy (non-hydrogen) atoms. The average molecular weight is 1280 g/mol. The molecular weight excluding hydrogens is 1180 g/mol. The molecule has 3 heterocycles. The van der Waals surface area contributed by atoms with E-state index in [9.17, 15) is 57.9 Å². The Morgan fingerprint density at radius 1 is 0.718 bits per heavy atom. The third-order valence-corrected chi connectivity index (χ3v) is 17.7. The number of carbonyl (C=O) groups is 3. The lowest BCUT2D eigenvalue weighted by Crippen LogP contribution is -2.46. The summed E-state index contributed by atoms with van der Waals surface area (Å²) in [6.07, 6.45) is 43.7. The Labute approximate surface area is 506 Å². The van der Waals surface area contributed by atoms with Gasteiger partial charge in [-0.25, -0.2) is 28.6 Å². The second kappa shape index (κ2) is 42.2. The number of hydrogen-bond donors (Lipinski definition) is 9. The lowest BCUT2D eigenvalue weighted by Gasteiger charge is -2.30. The first kappa shape index (κ1) is 75.5. The van der Waals surface area contributed by atoms with Crippen LogP contribution in [0.4, 0.5) is 5.82 Å². The molecule has 2 aromatic rings. The molecule has 2 aromatic heterocycles. The maximum absolute atomic E-state index is 12.8. The zero-order chi connectivity index (χ0) is 62.4. The minimum absolute atomic E-state index is 0.0334. The maximum atomic E-state index is 12.8. The Morgan fingerprint density at radius 2 is 1.24 bits per heavy atom. The molecule has 0 radical (unpaired) electrons. The lowest BCUT2D eigenvalue weighted by molar-refractivity contribution is -0.137. The molecule has 1 aliphatic rings. The van der Waals surface area contributed by atoms with Crippen LogP contribution in [0.3, 0.4) is 0 Å². The fourth-order valence-corrected chi connectivity index (χ4v) is 12.5. The van der Waals surface area contributed by atoms with E-state index in [0.717, 1.165) is 80.4 Å². The summed E-state index contributed by atoms with van der Waals surface area (Å²) in [4.78, 5) is 88.8. The third-order valence-electron chi connectivity index (χ3n) is 13.7. The fraction of sp³-hybridized carbons (Fsp3) is 0.684. The number of anilines is 1. The summed E-state index contributed by atoms with van der Waals surface area (Å²) in [5, 5.41) is 26.8. The summed E-state index contributed by atoms with van der Waals surface area (Å²) in [6, 6.07) is 0. The van der Waals surface area contributed by atoms with Crippen molar-refractivity contribution in [3.05, 3.63) is 73.4 Å². The van der Waals surface area contributed by atoms with Crippen LogP contribution < -0.4 is 16.4 Å². The molecule has 0 spiro atoms. The highest BCUT2D eigenvalue weighted by Gasteiger charge is 2.50. The smallest absolute Gasteiger partial charge is 0.386 e. The number of amides is 2. The molecule has 0 bridgehead atoms. The predicted octanol–water partition coefficient (Wildman–Crippen LogP) is 10.8. The van der Waals surface area contributed by atoms with Gasteiger partial charge in [0.05, 0.1) is 19.5 Å². The van der Waals surface area contributed by atoms with Gasteiger partial charge in [0.2, 0.25) is 11.8 Å². The second-order valence-corrected chi connectivity index (χ2v) is 26.9. The molecule has 2 unspecified atom stereocenters. The van der Waals surface area contributed by atoms with Gasteiger partial charge in [-0.15, -0.1) is 0 Å². The van der Waals surface area contributed by atoms with Crippen molar-refractivity contribution in [2.75, 3.05) is 37.8 Å². The molecule has 1 fully saturated rings. The normalized spacial score (nSPS) is 18.8. The first-order chi connectivity index (χ1) is 40.6. The van der Waals surface area contributed by atoms with Crippen LogP contribution in [0, 0.1) is 5.41 Å². The zero-order valence-corrected chi connectivity index (χ0v) is 53.3. The van der Waals surface area contributed by atoms with E-state index >= 15 is 0 Å². The van der Waals surface area contributed by atoms with Crippen molar-refractivity contribution in [1.82, 2.24) is 30.2 Å². The number of phosphoric acid groups is 3. The van der Waals surface area contributed by atoms with Crippen molar-refractivity contribution in [1.29, 1.82) is 0 Å². The number of phosphoric ester groups is 3. The zero-order valence-electron chi connectivity index (χ0n) is 49.8. The Balaban J connectivity index is 1.13. The van der Waals surface area contributed by atoms with Crippen molar-refractivity contribution in [2.24, 2.45) is 5.41 Å². The minimum atomic E-state index is -5.58. The number of nitrogens with zero attached hydrogens (tertiary/aromatic N) is 4. The first-order valence-corrected chi connectivity index (χ1v) is 35.4. The van der Waals surface area contributed by atoms with E-state index in [1.165, 1.54) is 110 Å². The SMILES string of the molecule is CC/C=C\C/C=C\C/C=C\C/C=C\C/C=C\CCCCCCCCCCCCCCCCCCCC(=O)SCCNC(=O)CCNC(=O)[C@H](O)C(C)(C)COP(=O)(O)OP(=O)(O)OC[C@H]1O[C@@H](n2cnc3c(N)ncnc32)[C@H](O)[C@@H]1OP(=O)(O)O. The van der Waals surface area contributed by atoms with E-state index < -0.39 is 84.6 Å². The number of imidazole rings is 1. The molecule has 7 atom stereocenters. The number of ether oxygens (including phenoxy) is 1. The van der Waals surface area contributed by atoms with Gasteiger partial charge < -0.3 is 50.9 Å². The largest absolute Gasteiger partial charge is 0.481 e. The number of allylic oxidation sites excluding steroid dienone is 10. The molecule has 10 N–H and O–H groups in total. The van der Waals surface area contributed by atoms with Crippen LogP contribution >= 0.6 is 35.2 Å². The standard InChI is InChI=1S/C57H96N7O17P3S/c1-4-5-6-7-8-9-10-11-12-13-14-15-16-17-18-19-20-21-22-23-24-25-26-27-28-29-30-31-32-33-34-35-36-37-48(66)85-41-40-59-47(65)38-39-60-55(69)52(68)57(2,3)43-78-84(75,76)81-83(73,74)77-42-46-51(80-82(70,71)72)50(67)56(79-46)64-45-63-49-53(58)61-44-62-54(49)64/h5-6,8-9,11-12,14-15,17-18,44-46,50-52,56,67-68H,4,7,10,13,16,19-43H2,1-3H3,(H,59,65)(H,60,69)(H,73,74)(H,75,76)(H2,58,61,62)(H2,70,71,72)/b6-5-,9-8-,12-11-,15-14-,18-17-/t46-,50-,51-,52+,56-/m1/s1. The molecule has 0 aromatic carbocycles. The van der Waals surface area contributed by atoms with Crippen molar-refractivity contribution < 1.29 is 80.5 Å². The van der Waals surface area contributed by atoms with Gasteiger partial charge in [-0.3, -0.25) is 32.5 Å². The van der Waals surface area contributed by atoms with Crippen LogP contribution in [0.1, 0.15) is 188 Å². The van der Waals surface area contributed by atoms with Gasteiger partial charge in [0, 0.05) is 37.1 Å². The molecule has 24 nitrogen and oxygen atoms in total. The Hall–Kier alpha value is -3.74.